The molecule has 1 aromatic rings. The number of carbonyl (C=O) groups is 1. The first-order chi connectivity index (χ1) is 6.58. The van der Waals surface area contributed by atoms with Crippen molar-refractivity contribution in [2.45, 2.75) is 12.5 Å². The zero-order valence-corrected chi connectivity index (χ0v) is 8.64. The first-order valence-electron chi connectivity index (χ1n) is 4.05. The molecule has 0 amide bonds. The average molecular weight is 260 g/mol. The van der Waals surface area contributed by atoms with E-state index in [-0.39, 0.29) is 5.82 Å². The van der Waals surface area contributed by atoms with Gasteiger partial charge in [-0.25, -0.2) is 9.18 Å². The molecule has 1 aliphatic rings. The van der Waals surface area contributed by atoms with Gasteiger partial charge in [-0.05, 0) is 33.6 Å². The Bertz CT molecular complexity index is 377. The first kappa shape index (κ1) is 9.45. The van der Waals surface area contributed by atoms with Crippen molar-refractivity contribution in [1.82, 2.24) is 0 Å². The van der Waals surface area contributed by atoms with Gasteiger partial charge in [-0.3, -0.25) is 0 Å². The molecule has 0 spiro atoms. The van der Waals surface area contributed by atoms with E-state index in [0.29, 0.717) is 22.1 Å². The summed E-state index contributed by atoms with van der Waals surface area (Å²) >= 11 is 3.04. The molecule has 1 aliphatic heterocycles. The van der Waals surface area contributed by atoms with Crippen molar-refractivity contribution in [2.75, 3.05) is 5.32 Å². The van der Waals surface area contributed by atoms with Gasteiger partial charge in [0.15, 0.2) is 0 Å². The van der Waals surface area contributed by atoms with E-state index in [4.69, 9.17) is 5.11 Å². The highest BCUT2D eigenvalue weighted by Gasteiger charge is 2.27. The van der Waals surface area contributed by atoms with E-state index in [1.165, 1.54) is 6.07 Å². The van der Waals surface area contributed by atoms with E-state index in [1.54, 1.807) is 6.07 Å². The van der Waals surface area contributed by atoms with Crippen molar-refractivity contribution in [3.05, 3.63) is 28.0 Å². The lowest BCUT2D eigenvalue weighted by Crippen LogP contribution is -2.26. The molecule has 5 heteroatoms. The van der Waals surface area contributed by atoms with Gasteiger partial charge >= 0.3 is 5.97 Å². The monoisotopic (exact) mass is 259 g/mol. The molecule has 0 saturated carbocycles. The molecular weight excluding hydrogens is 253 g/mol. The molecule has 74 valence electrons. The summed E-state index contributed by atoms with van der Waals surface area (Å²) in [7, 11) is 0. The number of hydrogen-bond acceptors (Lipinski definition) is 2. The van der Waals surface area contributed by atoms with Gasteiger partial charge < -0.3 is 10.4 Å². The molecule has 3 nitrogen and oxygen atoms in total. The van der Waals surface area contributed by atoms with Gasteiger partial charge in [0.25, 0.3) is 0 Å². The number of fused-ring (bicyclic) bond motifs is 1. The van der Waals surface area contributed by atoms with E-state index in [1.807, 2.05) is 0 Å². The Balaban J connectivity index is 2.36. The maximum atomic E-state index is 13.1. The molecular formula is C9H7BrFNO2. The Kier molecular flexibility index (Phi) is 2.19. The Hall–Kier alpha value is -1.10. The number of halogens is 2. The average Bonchev–Trinajstić information content (AvgIpc) is 2.48. The summed E-state index contributed by atoms with van der Waals surface area (Å²) in [6.45, 7) is 0. The van der Waals surface area contributed by atoms with E-state index >= 15 is 0 Å². The number of anilines is 1. The lowest BCUT2D eigenvalue weighted by Gasteiger charge is -2.03. The topological polar surface area (TPSA) is 49.3 Å². The van der Waals surface area contributed by atoms with Crippen molar-refractivity contribution in [2.24, 2.45) is 0 Å². The highest BCUT2D eigenvalue weighted by molar-refractivity contribution is 9.10. The fourth-order valence-corrected chi connectivity index (χ4v) is 1.84. The fraction of sp³-hybridized carbons (Fsp3) is 0.222. The lowest BCUT2D eigenvalue weighted by atomic mass is 10.1. The second-order valence-electron chi connectivity index (χ2n) is 3.16. The molecule has 0 aliphatic carbocycles. The number of carboxylic acids is 1. The summed E-state index contributed by atoms with van der Waals surface area (Å²) in [5, 5.41) is 11.6. The summed E-state index contributed by atoms with van der Waals surface area (Å²) in [5.41, 5.74) is 1.39. The van der Waals surface area contributed by atoms with Crippen LogP contribution >= 0.6 is 15.9 Å². The zero-order chi connectivity index (χ0) is 10.3. The normalized spacial score (nSPS) is 18.9. The number of aliphatic carboxylic acids is 1. The molecule has 1 aromatic carbocycles. The lowest BCUT2D eigenvalue weighted by molar-refractivity contribution is -0.137. The number of nitrogens with one attached hydrogen (secondary N) is 1. The van der Waals surface area contributed by atoms with Crippen LogP contribution in [0.15, 0.2) is 16.6 Å². The van der Waals surface area contributed by atoms with E-state index in [2.05, 4.69) is 21.2 Å². The van der Waals surface area contributed by atoms with Crippen LogP contribution in [0, 0.1) is 5.82 Å². The van der Waals surface area contributed by atoms with Gasteiger partial charge in [-0.1, -0.05) is 0 Å². The predicted molar refractivity (Wildman–Crippen MR) is 52.9 cm³/mol. The number of hydrogen-bond donors (Lipinski definition) is 2. The maximum Gasteiger partial charge on any atom is 0.326 e. The van der Waals surface area contributed by atoms with Crippen LogP contribution in [0.4, 0.5) is 10.1 Å². The second kappa shape index (κ2) is 3.24. The summed E-state index contributed by atoms with van der Waals surface area (Å²) in [5.74, 6) is -1.28. The van der Waals surface area contributed by atoms with Gasteiger partial charge in [0, 0.05) is 12.1 Å². The van der Waals surface area contributed by atoms with Crippen LogP contribution in [0.2, 0.25) is 0 Å². The van der Waals surface area contributed by atoms with Crippen molar-refractivity contribution < 1.29 is 14.3 Å². The zero-order valence-electron chi connectivity index (χ0n) is 7.05. The van der Waals surface area contributed by atoms with Gasteiger partial charge in [-0.15, -0.1) is 0 Å². The van der Waals surface area contributed by atoms with Crippen LogP contribution in [-0.2, 0) is 11.2 Å². The summed E-state index contributed by atoms with van der Waals surface area (Å²) < 4.78 is 13.4. The minimum absolute atomic E-state index is 0.328. The van der Waals surface area contributed by atoms with Crippen LogP contribution in [-0.4, -0.2) is 17.1 Å². The van der Waals surface area contributed by atoms with Crippen LogP contribution in [0.5, 0.6) is 0 Å². The summed E-state index contributed by atoms with van der Waals surface area (Å²) in [4.78, 5) is 10.7. The van der Waals surface area contributed by atoms with Crippen molar-refractivity contribution >= 4 is 27.6 Å². The Morgan fingerprint density at radius 1 is 1.64 bits per heavy atom. The third-order valence-corrected chi connectivity index (χ3v) is 2.81. The Morgan fingerprint density at radius 3 is 3.00 bits per heavy atom. The molecule has 1 atom stereocenters. The van der Waals surface area contributed by atoms with E-state index in [9.17, 15) is 9.18 Å². The van der Waals surface area contributed by atoms with Gasteiger partial charge in [0.2, 0.25) is 0 Å². The van der Waals surface area contributed by atoms with Gasteiger partial charge in [-0.2, -0.15) is 0 Å². The predicted octanol–water partition coefficient (Wildman–Crippen LogP) is 2.01. The minimum atomic E-state index is -0.919. The van der Waals surface area contributed by atoms with Crippen LogP contribution in [0.1, 0.15) is 5.56 Å². The number of carboxylic acid groups (broad SMARTS) is 1. The van der Waals surface area contributed by atoms with Crippen molar-refractivity contribution in [1.29, 1.82) is 0 Å². The van der Waals surface area contributed by atoms with E-state index in [0.717, 1.165) is 0 Å². The molecule has 0 radical (unpaired) electrons. The Labute approximate surface area is 88.1 Å². The SMILES string of the molecule is O=C(O)C1Cc2cc(F)c(Br)cc2N1. The molecule has 0 saturated heterocycles. The molecule has 2 rings (SSSR count). The van der Waals surface area contributed by atoms with Crippen LogP contribution < -0.4 is 5.32 Å². The first-order valence-corrected chi connectivity index (χ1v) is 4.84. The molecule has 1 unspecified atom stereocenters. The minimum Gasteiger partial charge on any atom is -0.480 e. The highest BCUT2D eigenvalue weighted by atomic mass is 79.9. The molecule has 14 heavy (non-hydrogen) atoms. The molecule has 2 N–H and O–H groups in total. The number of benzene rings is 1. The van der Waals surface area contributed by atoms with E-state index < -0.39 is 12.0 Å². The largest absolute Gasteiger partial charge is 0.480 e. The Morgan fingerprint density at radius 2 is 2.36 bits per heavy atom. The molecule has 0 bridgehead atoms. The smallest absolute Gasteiger partial charge is 0.326 e. The standard InChI is InChI=1S/C9H7BrFNO2/c10-5-3-7-4(1-6(5)11)2-8(12-7)9(13)14/h1,3,8,12H,2H2,(H,13,14). The van der Waals surface area contributed by atoms with Crippen LogP contribution in [0.3, 0.4) is 0 Å². The quantitative estimate of drug-likeness (QED) is 0.812. The van der Waals surface area contributed by atoms with Crippen LogP contribution in [0.25, 0.3) is 0 Å². The fourth-order valence-electron chi connectivity index (χ4n) is 1.50. The summed E-state index contributed by atoms with van der Waals surface area (Å²) in [6, 6.07) is 2.28. The van der Waals surface area contributed by atoms with Gasteiger partial charge in [0.05, 0.1) is 4.47 Å². The molecule has 0 fully saturated rings. The van der Waals surface area contributed by atoms with Crippen molar-refractivity contribution in [3.63, 3.8) is 0 Å². The third kappa shape index (κ3) is 1.48. The van der Waals surface area contributed by atoms with Crippen molar-refractivity contribution in [3.8, 4) is 0 Å². The maximum absolute atomic E-state index is 13.1. The third-order valence-electron chi connectivity index (χ3n) is 2.20. The summed E-state index contributed by atoms with van der Waals surface area (Å²) in [6.07, 6.45) is 0.328. The molecule has 0 aromatic heterocycles. The highest BCUT2D eigenvalue weighted by Crippen LogP contribution is 2.30. The second-order valence-corrected chi connectivity index (χ2v) is 4.02. The number of rotatable bonds is 1. The molecule has 1 heterocycles. The van der Waals surface area contributed by atoms with Gasteiger partial charge in [0.1, 0.15) is 11.9 Å².